The molecule has 104 valence electrons. The van der Waals surface area contributed by atoms with Crippen LogP contribution in [0.4, 0.5) is 5.69 Å². The summed E-state index contributed by atoms with van der Waals surface area (Å²) in [6, 6.07) is 7.01. The lowest BCUT2D eigenvalue weighted by Crippen LogP contribution is -2.13. The molecule has 0 amide bonds. The number of sulfonamides is 1. The molecule has 0 atom stereocenters. The second-order valence-electron chi connectivity index (χ2n) is 4.12. The third-order valence-electron chi connectivity index (χ3n) is 2.69. The summed E-state index contributed by atoms with van der Waals surface area (Å²) >= 11 is 6.90. The van der Waals surface area contributed by atoms with Gasteiger partial charge in [0.25, 0.3) is 0 Å². The lowest BCUT2D eigenvalue weighted by molar-refractivity contribution is 0.605. The molecule has 20 heavy (non-hydrogen) atoms. The van der Waals surface area contributed by atoms with Crippen LogP contribution in [-0.4, -0.2) is 23.0 Å². The highest BCUT2D eigenvalue weighted by molar-refractivity contribution is 7.93. The maximum absolute atomic E-state index is 11.3. The minimum atomic E-state index is -3.46. The number of aromatic nitrogens is 2. The Morgan fingerprint density at radius 1 is 1.30 bits per heavy atom. The highest BCUT2D eigenvalue weighted by atomic mass is 35.5. The zero-order valence-electron chi connectivity index (χ0n) is 10.2. The van der Waals surface area contributed by atoms with Gasteiger partial charge in [-0.15, -0.1) is 22.9 Å². The summed E-state index contributed by atoms with van der Waals surface area (Å²) in [7, 11) is -3.46. The largest absolute Gasteiger partial charge is 0.297 e. The first-order chi connectivity index (χ1) is 9.57. The first-order valence-corrected chi connectivity index (χ1v) is 8.73. The molecule has 0 aliphatic rings. The first kappa shape index (κ1) is 13.4. The summed E-state index contributed by atoms with van der Waals surface area (Å²) in [5.41, 5.74) is 2.26. The Hall–Kier alpha value is -1.57. The average molecular weight is 328 g/mol. The Morgan fingerprint density at radius 3 is 2.70 bits per heavy atom. The molecule has 0 bridgehead atoms. The maximum atomic E-state index is 11.3. The fourth-order valence-electron chi connectivity index (χ4n) is 1.78. The van der Waals surface area contributed by atoms with E-state index in [0.717, 1.165) is 16.2 Å². The number of benzene rings is 1. The molecule has 3 aromatic rings. The molecule has 0 fully saturated rings. The predicted octanol–water partition coefficient (Wildman–Crippen LogP) is 3.00. The van der Waals surface area contributed by atoms with E-state index in [2.05, 4.69) is 9.71 Å². The van der Waals surface area contributed by atoms with Crippen molar-refractivity contribution in [1.82, 2.24) is 9.38 Å². The van der Waals surface area contributed by atoms with Gasteiger partial charge in [-0.3, -0.25) is 9.12 Å². The van der Waals surface area contributed by atoms with Gasteiger partial charge in [0, 0.05) is 29.0 Å². The number of rotatable bonds is 4. The van der Waals surface area contributed by atoms with E-state index in [1.165, 1.54) is 0 Å². The number of nitrogens with one attached hydrogen (secondary N) is 1. The van der Waals surface area contributed by atoms with E-state index in [9.17, 15) is 8.42 Å². The molecule has 0 saturated heterocycles. The van der Waals surface area contributed by atoms with E-state index in [1.807, 2.05) is 34.3 Å². The van der Waals surface area contributed by atoms with Crippen LogP contribution in [0.5, 0.6) is 0 Å². The van der Waals surface area contributed by atoms with Crippen LogP contribution in [0.3, 0.4) is 0 Å². The molecule has 1 N–H and O–H groups in total. The van der Waals surface area contributed by atoms with Crippen molar-refractivity contribution in [3.63, 3.8) is 0 Å². The van der Waals surface area contributed by atoms with Gasteiger partial charge in [0.15, 0.2) is 4.96 Å². The molecule has 0 unspecified atom stereocenters. The third kappa shape index (κ3) is 2.65. The standard InChI is InChI=1S/C12H10ClN3O2S2/c13-8-20(17,18)15-10-3-1-9(2-4-10)11-7-16-5-6-19-12(16)14-11/h1-7,15H,8H2. The van der Waals surface area contributed by atoms with Gasteiger partial charge in [-0.1, -0.05) is 12.1 Å². The fourth-order valence-corrected chi connectivity index (χ4v) is 3.20. The lowest BCUT2D eigenvalue weighted by Gasteiger charge is -2.05. The molecule has 0 aliphatic carbocycles. The van der Waals surface area contributed by atoms with Crippen molar-refractivity contribution in [3.05, 3.63) is 42.0 Å². The predicted molar refractivity (Wildman–Crippen MR) is 81.8 cm³/mol. The molecule has 0 spiro atoms. The zero-order valence-corrected chi connectivity index (χ0v) is 12.5. The smallest absolute Gasteiger partial charge is 0.246 e. The van der Waals surface area contributed by atoms with E-state index in [-0.39, 0.29) is 0 Å². The number of imidazole rings is 1. The van der Waals surface area contributed by atoms with E-state index in [0.29, 0.717) is 5.69 Å². The van der Waals surface area contributed by atoms with Crippen LogP contribution in [0.25, 0.3) is 16.2 Å². The van der Waals surface area contributed by atoms with E-state index in [1.54, 1.807) is 23.5 Å². The topological polar surface area (TPSA) is 63.5 Å². The Kier molecular flexibility index (Phi) is 3.41. The number of alkyl halides is 1. The summed E-state index contributed by atoms with van der Waals surface area (Å²) in [5, 5.41) is 1.50. The molecule has 3 rings (SSSR count). The van der Waals surface area contributed by atoms with Crippen molar-refractivity contribution in [3.8, 4) is 11.3 Å². The van der Waals surface area contributed by atoms with Gasteiger partial charge in [0.05, 0.1) is 5.69 Å². The molecular formula is C12H10ClN3O2S2. The molecule has 0 radical (unpaired) electrons. The zero-order chi connectivity index (χ0) is 14.2. The molecule has 8 heteroatoms. The van der Waals surface area contributed by atoms with Gasteiger partial charge >= 0.3 is 0 Å². The second kappa shape index (κ2) is 5.08. The Morgan fingerprint density at radius 2 is 2.05 bits per heavy atom. The van der Waals surface area contributed by atoms with Crippen LogP contribution in [0.2, 0.25) is 0 Å². The Bertz CT molecular complexity index is 809. The minimum Gasteiger partial charge on any atom is -0.297 e. The Balaban J connectivity index is 1.87. The second-order valence-corrected chi connectivity index (χ2v) is 7.30. The van der Waals surface area contributed by atoms with Crippen molar-refractivity contribution < 1.29 is 8.42 Å². The molecule has 2 heterocycles. The van der Waals surface area contributed by atoms with Gasteiger partial charge < -0.3 is 0 Å². The van der Waals surface area contributed by atoms with Crippen molar-refractivity contribution in [2.24, 2.45) is 0 Å². The molecular weight excluding hydrogens is 318 g/mol. The van der Waals surface area contributed by atoms with Crippen LogP contribution in [0.1, 0.15) is 0 Å². The van der Waals surface area contributed by atoms with Crippen LogP contribution in [-0.2, 0) is 10.0 Å². The molecule has 1 aromatic carbocycles. The number of hydrogen-bond donors (Lipinski definition) is 1. The first-order valence-electron chi connectivity index (χ1n) is 5.66. The number of halogens is 1. The summed E-state index contributed by atoms with van der Waals surface area (Å²) in [6.45, 7) is 0. The lowest BCUT2D eigenvalue weighted by atomic mass is 10.1. The highest BCUT2D eigenvalue weighted by Gasteiger charge is 2.09. The SMILES string of the molecule is O=S(=O)(CCl)Nc1ccc(-c2cn3ccsc3n2)cc1. The van der Waals surface area contributed by atoms with Crippen LogP contribution in [0.15, 0.2) is 42.0 Å². The van der Waals surface area contributed by atoms with E-state index < -0.39 is 15.2 Å². The third-order valence-corrected chi connectivity index (χ3v) is 5.16. The van der Waals surface area contributed by atoms with Gasteiger partial charge in [0.2, 0.25) is 10.0 Å². The normalized spacial score (nSPS) is 11.8. The Labute approximate surface area is 124 Å². The summed E-state index contributed by atoms with van der Waals surface area (Å²) in [5.74, 6) is 0. The van der Waals surface area contributed by atoms with Crippen LogP contribution in [0, 0.1) is 0 Å². The van der Waals surface area contributed by atoms with Crippen LogP contribution >= 0.6 is 22.9 Å². The number of thiazole rings is 1. The molecule has 5 nitrogen and oxygen atoms in total. The van der Waals surface area contributed by atoms with Crippen molar-refractivity contribution in [2.75, 3.05) is 9.93 Å². The minimum absolute atomic E-state index is 0.466. The summed E-state index contributed by atoms with van der Waals surface area (Å²) in [6.07, 6.45) is 3.88. The number of hydrogen-bond acceptors (Lipinski definition) is 4. The van der Waals surface area contributed by atoms with Gasteiger partial charge in [-0.25, -0.2) is 13.4 Å². The van der Waals surface area contributed by atoms with Crippen molar-refractivity contribution in [2.45, 2.75) is 0 Å². The maximum Gasteiger partial charge on any atom is 0.246 e. The number of anilines is 1. The van der Waals surface area contributed by atoms with Crippen molar-refractivity contribution >= 4 is 43.6 Å². The van der Waals surface area contributed by atoms with Crippen LogP contribution < -0.4 is 4.72 Å². The van der Waals surface area contributed by atoms with Gasteiger partial charge in [-0.2, -0.15) is 0 Å². The summed E-state index contributed by atoms with van der Waals surface area (Å²) in [4.78, 5) is 5.41. The number of nitrogens with zero attached hydrogens (tertiary/aromatic N) is 2. The number of fused-ring (bicyclic) bond motifs is 1. The monoisotopic (exact) mass is 327 g/mol. The highest BCUT2D eigenvalue weighted by Crippen LogP contribution is 2.23. The molecule has 0 saturated carbocycles. The fraction of sp³-hybridized carbons (Fsp3) is 0.0833. The quantitative estimate of drug-likeness (QED) is 0.749. The molecule has 0 aliphatic heterocycles. The van der Waals surface area contributed by atoms with Crippen molar-refractivity contribution in [1.29, 1.82) is 0 Å². The average Bonchev–Trinajstić information content (AvgIpc) is 3.00. The van der Waals surface area contributed by atoms with Gasteiger partial charge in [-0.05, 0) is 12.1 Å². The van der Waals surface area contributed by atoms with Gasteiger partial charge in [0.1, 0.15) is 5.21 Å². The van der Waals surface area contributed by atoms with E-state index in [4.69, 9.17) is 11.6 Å². The van der Waals surface area contributed by atoms with E-state index >= 15 is 0 Å². The molecule has 2 aromatic heterocycles. The summed E-state index contributed by atoms with van der Waals surface area (Å²) < 4.78 is 27.0.